The standard InChI is InChI=1S/C15H14O2S/c16-14(17)10-15(8-9-15)13-7-6-12(18-13)11-4-2-1-3-5-11/h1-7H,8-10H2,(H,16,17). The lowest BCUT2D eigenvalue weighted by molar-refractivity contribution is -0.137. The summed E-state index contributed by atoms with van der Waals surface area (Å²) in [5.41, 5.74) is 1.14. The minimum atomic E-state index is -0.692. The van der Waals surface area contributed by atoms with Gasteiger partial charge >= 0.3 is 5.97 Å². The molecule has 0 radical (unpaired) electrons. The number of benzene rings is 1. The first-order valence-corrected chi connectivity index (χ1v) is 6.89. The van der Waals surface area contributed by atoms with E-state index < -0.39 is 5.97 Å². The molecule has 1 saturated carbocycles. The van der Waals surface area contributed by atoms with E-state index in [2.05, 4.69) is 24.3 Å². The van der Waals surface area contributed by atoms with E-state index >= 15 is 0 Å². The van der Waals surface area contributed by atoms with Gasteiger partial charge in [0.1, 0.15) is 0 Å². The SMILES string of the molecule is O=C(O)CC1(c2ccc(-c3ccccc3)s2)CC1. The Labute approximate surface area is 110 Å². The number of hydrogen-bond acceptors (Lipinski definition) is 2. The Balaban J connectivity index is 1.89. The quantitative estimate of drug-likeness (QED) is 0.902. The smallest absolute Gasteiger partial charge is 0.304 e. The molecule has 0 atom stereocenters. The lowest BCUT2D eigenvalue weighted by Gasteiger charge is -2.09. The Hall–Kier alpha value is -1.61. The van der Waals surface area contributed by atoms with Crippen molar-refractivity contribution in [2.75, 3.05) is 0 Å². The van der Waals surface area contributed by atoms with Crippen LogP contribution in [-0.4, -0.2) is 11.1 Å². The maximum atomic E-state index is 10.9. The number of carboxylic acids is 1. The summed E-state index contributed by atoms with van der Waals surface area (Å²) in [7, 11) is 0. The van der Waals surface area contributed by atoms with Crippen LogP contribution < -0.4 is 0 Å². The van der Waals surface area contributed by atoms with Gasteiger partial charge in [-0.3, -0.25) is 4.79 Å². The summed E-state index contributed by atoms with van der Waals surface area (Å²) in [4.78, 5) is 13.4. The molecule has 0 aliphatic heterocycles. The summed E-state index contributed by atoms with van der Waals surface area (Å²) in [6.07, 6.45) is 2.28. The van der Waals surface area contributed by atoms with E-state index in [-0.39, 0.29) is 11.8 Å². The van der Waals surface area contributed by atoms with Crippen LogP contribution in [0.3, 0.4) is 0 Å². The van der Waals surface area contributed by atoms with Crippen molar-refractivity contribution in [2.45, 2.75) is 24.7 Å². The third-order valence-corrected chi connectivity index (χ3v) is 4.91. The van der Waals surface area contributed by atoms with Crippen molar-refractivity contribution in [2.24, 2.45) is 0 Å². The van der Waals surface area contributed by atoms with Gasteiger partial charge in [0.25, 0.3) is 0 Å². The lowest BCUT2D eigenvalue weighted by atomic mass is 10.0. The molecule has 0 saturated heterocycles. The number of carbonyl (C=O) groups is 1. The normalized spacial score (nSPS) is 16.4. The number of hydrogen-bond donors (Lipinski definition) is 1. The summed E-state index contributed by atoms with van der Waals surface area (Å²) in [6.45, 7) is 0. The summed E-state index contributed by atoms with van der Waals surface area (Å²) in [5.74, 6) is -0.692. The first-order chi connectivity index (χ1) is 8.70. The Morgan fingerprint density at radius 2 is 1.89 bits per heavy atom. The van der Waals surface area contributed by atoms with Crippen LogP contribution in [0.5, 0.6) is 0 Å². The molecule has 2 nitrogen and oxygen atoms in total. The Morgan fingerprint density at radius 1 is 1.17 bits per heavy atom. The monoisotopic (exact) mass is 258 g/mol. The fourth-order valence-corrected chi connectivity index (χ4v) is 3.59. The van der Waals surface area contributed by atoms with E-state index in [9.17, 15) is 4.79 Å². The third-order valence-electron chi connectivity index (χ3n) is 3.53. The molecule has 0 amide bonds. The highest BCUT2D eigenvalue weighted by Gasteiger charge is 2.47. The minimum absolute atomic E-state index is 0.0659. The second-order valence-electron chi connectivity index (χ2n) is 4.88. The molecule has 92 valence electrons. The molecule has 2 aromatic rings. The van der Waals surface area contributed by atoms with Crippen LogP contribution >= 0.6 is 11.3 Å². The van der Waals surface area contributed by atoms with E-state index in [4.69, 9.17) is 5.11 Å². The summed E-state index contributed by atoms with van der Waals surface area (Å²) < 4.78 is 0. The van der Waals surface area contributed by atoms with Gasteiger partial charge < -0.3 is 5.11 Å². The van der Waals surface area contributed by atoms with Crippen LogP contribution in [0.1, 0.15) is 24.1 Å². The molecule has 1 heterocycles. The highest BCUT2D eigenvalue weighted by molar-refractivity contribution is 7.15. The van der Waals surface area contributed by atoms with Crippen molar-refractivity contribution in [1.82, 2.24) is 0 Å². The third kappa shape index (κ3) is 2.06. The molecule has 0 unspecified atom stereocenters. The zero-order valence-electron chi connectivity index (χ0n) is 9.93. The number of thiophene rings is 1. The van der Waals surface area contributed by atoms with Crippen LogP contribution in [0.4, 0.5) is 0 Å². The Bertz CT molecular complexity index is 567. The molecule has 1 fully saturated rings. The van der Waals surface area contributed by atoms with Crippen LogP contribution in [0.25, 0.3) is 10.4 Å². The highest BCUT2D eigenvalue weighted by Crippen LogP contribution is 2.53. The van der Waals surface area contributed by atoms with E-state index in [1.54, 1.807) is 11.3 Å². The van der Waals surface area contributed by atoms with Gasteiger partial charge in [-0.25, -0.2) is 0 Å². The predicted octanol–water partition coefficient (Wildman–Crippen LogP) is 3.92. The molecule has 0 bridgehead atoms. The molecule has 1 N–H and O–H groups in total. The van der Waals surface area contributed by atoms with Gasteiger partial charge in [0.15, 0.2) is 0 Å². The average molecular weight is 258 g/mol. The molecule has 0 spiro atoms. The average Bonchev–Trinajstić information content (AvgIpc) is 2.96. The number of rotatable bonds is 4. The maximum Gasteiger partial charge on any atom is 0.304 e. The van der Waals surface area contributed by atoms with E-state index in [0.29, 0.717) is 0 Å². The predicted molar refractivity (Wildman–Crippen MR) is 72.9 cm³/mol. The lowest BCUT2D eigenvalue weighted by Crippen LogP contribution is -2.10. The summed E-state index contributed by atoms with van der Waals surface area (Å²) >= 11 is 1.73. The van der Waals surface area contributed by atoms with Crippen LogP contribution in [-0.2, 0) is 10.2 Å². The summed E-state index contributed by atoms with van der Waals surface area (Å²) in [5, 5.41) is 8.98. The van der Waals surface area contributed by atoms with Crippen LogP contribution in [0.2, 0.25) is 0 Å². The van der Waals surface area contributed by atoms with Gasteiger partial charge in [0.05, 0.1) is 6.42 Å². The van der Waals surface area contributed by atoms with Crippen molar-refractivity contribution >= 4 is 17.3 Å². The first kappa shape index (κ1) is 11.5. The fraction of sp³-hybridized carbons (Fsp3) is 0.267. The van der Waals surface area contributed by atoms with Gasteiger partial charge in [-0.2, -0.15) is 0 Å². The zero-order chi connectivity index (χ0) is 12.6. The molecule has 1 aliphatic carbocycles. The van der Waals surface area contributed by atoms with Gasteiger partial charge in [0.2, 0.25) is 0 Å². The number of aliphatic carboxylic acids is 1. The van der Waals surface area contributed by atoms with Crippen LogP contribution in [0, 0.1) is 0 Å². The Morgan fingerprint density at radius 3 is 2.50 bits per heavy atom. The summed E-state index contributed by atoms with van der Waals surface area (Å²) in [6, 6.07) is 14.4. The molecule has 1 aliphatic rings. The molecule has 1 aromatic heterocycles. The van der Waals surface area contributed by atoms with Gasteiger partial charge in [-0.05, 0) is 30.5 Å². The van der Waals surface area contributed by atoms with Crippen molar-refractivity contribution < 1.29 is 9.90 Å². The second kappa shape index (κ2) is 4.25. The van der Waals surface area contributed by atoms with Gasteiger partial charge in [0, 0.05) is 15.2 Å². The Kier molecular flexibility index (Phi) is 2.71. The van der Waals surface area contributed by atoms with Gasteiger partial charge in [-0.15, -0.1) is 11.3 Å². The minimum Gasteiger partial charge on any atom is -0.481 e. The van der Waals surface area contributed by atoms with E-state index in [1.165, 1.54) is 15.3 Å². The zero-order valence-corrected chi connectivity index (χ0v) is 10.7. The molecule has 3 heteroatoms. The fourth-order valence-electron chi connectivity index (χ4n) is 2.33. The largest absolute Gasteiger partial charge is 0.481 e. The van der Waals surface area contributed by atoms with Crippen molar-refractivity contribution in [3.05, 3.63) is 47.3 Å². The maximum absolute atomic E-state index is 10.9. The molecule has 1 aromatic carbocycles. The first-order valence-electron chi connectivity index (χ1n) is 6.07. The van der Waals surface area contributed by atoms with Crippen molar-refractivity contribution in [3.8, 4) is 10.4 Å². The second-order valence-corrected chi connectivity index (χ2v) is 5.96. The van der Waals surface area contributed by atoms with Gasteiger partial charge in [-0.1, -0.05) is 30.3 Å². The van der Waals surface area contributed by atoms with Crippen molar-refractivity contribution in [1.29, 1.82) is 0 Å². The van der Waals surface area contributed by atoms with E-state index in [0.717, 1.165) is 12.8 Å². The van der Waals surface area contributed by atoms with E-state index in [1.807, 2.05) is 18.2 Å². The van der Waals surface area contributed by atoms with Crippen molar-refractivity contribution in [3.63, 3.8) is 0 Å². The van der Waals surface area contributed by atoms with Crippen LogP contribution in [0.15, 0.2) is 42.5 Å². The molecule has 3 rings (SSSR count). The topological polar surface area (TPSA) is 37.3 Å². The molecular weight excluding hydrogens is 244 g/mol. The molecular formula is C15H14O2S. The highest BCUT2D eigenvalue weighted by atomic mass is 32.1. The molecule has 18 heavy (non-hydrogen) atoms. The number of carboxylic acid groups (broad SMARTS) is 1.